The molecule has 3 aromatic rings. The van der Waals surface area contributed by atoms with Crippen LogP contribution in [0.2, 0.25) is 0 Å². The minimum atomic E-state index is 0.248. The number of H-pyrrole nitrogens is 1. The SMILES string of the molecule is Nc1ccc2c(-c3ccc(O)cc3)n[nH]c2c1. The number of fused-ring (bicyclic) bond motifs is 1. The highest BCUT2D eigenvalue weighted by molar-refractivity contribution is 5.94. The number of nitrogen functional groups attached to an aromatic ring is 1. The fraction of sp³-hybridized carbons (Fsp3) is 0. The molecule has 17 heavy (non-hydrogen) atoms. The molecule has 0 fully saturated rings. The van der Waals surface area contributed by atoms with E-state index in [9.17, 15) is 5.11 Å². The second kappa shape index (κ2) is 3.52. The van der Waals surface area contributed by atoms with Gasteiger partial charge >= 0.3 is 0 Å². The monoisotopic (exact) mass is 225 g/mol. The number of benzene rings is 2. The third kappa shape index (κ3) is 1.59. The van der Waals surface area contributed by atoms with Gasteiger partial charge in [0.05, 0.1) is 11.2 Å². The van der Waals surface area contributed by atoms with E-state index in [1.807, 2.05) is 30.3 Å². The Labute approximate surface area is 97.7 Å². The number of nitrogens with zero attached hydrogens (tertiary/aromatic N) is 1. The van der Waals surface area contributed by atoms with Gasteiger partial charge in [0.2, 0.25) is 0 Å². The minimum absolute atomic E-state index is 0.248. The molecule has 4 N–H and O–H groups in total. The van der Waals surface area contributed by atoms with E-state index in [0.717, 1.165) is 22.2 Å². The summed E-state index contributed by atoms with van der Waals surface area (Å²) in [5, 5.41) is 17.5. The summed E-state index contributed by atoms with van der Waals surface area (Å²) in [5.74, 6) is 0.248. The molecule has 1 aromatic heterocycles. The van der Waals surface area contributed by atoms with Gasteiger partial charge in [0.1, 0.15) is 5.75 Å². The van der Waals surface area contributed by atoms with Crippen LogP contribution >= 0.6 is 0 Å². The van der Waals surface area contributed by atoms with E-state index in [-0.39, 0.29) is 5.75 Å². The van der Waals surface area contributed by atoms with Crippen molar-refractivity contribution in [1.29, 1.82) is 0 Å². The van der Waals surface area contributed by atoms with E-state index >= 15 is 0 Å². The van der Waals surface area contributed by atoms with Gasteiger partial charge in [0, 0.05) is 16.6 Å². The summed E-state index contributed by atoms with van der Waals surface area (Å²) in [6, 6.07) is 12.6. The predicted molar refractivity (Wildman–Crippen MR) is 67.6 cm³/mol. The van der Waals surface area contributed by atoms with Gasteiger partial charge in [-0.1, -0.05) is 0 Å². The third-order valence-corrected chi connectivity index (χ3v) is 2.73. The maximum atomic E-state index is 9.26. The second-order valence-electron chi connectivity index (χ2n) is 3.92. The van der Waals surface area contributed by atoms with Crippen molar-refractivity contribution in [2.75, 3.05) is 5.73 Å². The first-order valence-corrected chi connectivity index (χ1v) is 5.27. The molecule has 0 unspecified atom stereocenters. The Morgan fingerprint density at radius 3 is 2.59 bits per heavy atom. The number of hydrogen-bond donors (Lipinski definition) is 3. The summed E-state index contributed by atoms with van der Waals surface area (Å²) < 4.78 is 0. The van der Waals surface area contributed by atoms with E-state index in [4.69, 9.17) is 5.73 Å². The van der Waals surface area contributed by atoms with E-state index in [1.165, 1.54) is 0 Å². The van der Waals surface area contributed by atoms with Crippen LogP contribution in [0.1, 0.15) is 0 Å². The highest BCUT2D eigenvalue weighted by Gasteiger charge is 2.07. The van der Waals surface area contributed by atoms with Gasteiger partial charge in [-0.15, -0.1) is 0 Å². The highest BCUT2D eigenvalue weighted by atomic mass is 16.3. The maximum Gasteiger partial charge on any atom is 0.115 e. The molecule has 84 valence electrons. The lowest BCUT2D eigenvalue weighted by Crippen LogP contribution is -1.82. The fourth-order valence-corrected chi connectivity index (χ4v) is 1.88. The Morgan fingerprint density at radius 2 is 1.82 bits per heavy atom. The van der Waals surface area contributed by atoms with Crippen LogP contribution in [-0.4, -0.2) is 15.3 Å². The summed E-state index contributed by atoms with van der Waals surface area (Å²) in [6.45, 7) is 0. The first-order valence-electron chi connectivity index (χ1n) is 5.27. The van der Waals surface area contributed by atoms with E-state index in [1.54, 1.807) is 12.1 Å². The molecule has 0 aliphatic heterocycles. The van der Waals surface area contributed by atoms with Crippen LogP contribution in [0.15, 0.2) is 42.5 Å². The van der Waals surface area contributed by atoms with Crippen molar-refractivity contribution in [3.05, 3.63) is 42.5 Å². The Morgan fingerprint density at radius 1 is 1.06 bits per heavy atom. The molecule has 0 spiro atoms. The van der Waals surface area contributed by atoms with Crippen molar-refractivity contribution >= 4 is 16.6 Å². The van der Waals surface area contributed by atoms with Crippen molar-refractivity contribution in [1.82, 2.24) is 10.2 Å². The number of hydrogen-bond acceptors (Lipinski definition) is 3. The molecule has 0 saturated carbocycles. The molecule has 1 heterocycles. The van der Waals surface area contributed by atoms with Gasteiger partial charge in [-0.3, -0.25) is 5.10 Å². The molecule has 0 atom stereocenters. The van der Waals surface area contributed by atoms with Crippen LogP contribution in [0.25, 0.3) is 22.2 Å². The average Bonchev–Trinajstić information content (AvgIpc) is 2.73. The number of anilines is 1. The molecule has 0 amide bonds. The smallest absolute Gasteiger partial charge is 0.115 e. The Hall–Kier alpha value is -2.49. The lowest BCUT2D eigenvalue weighted by molar-refractivity contribution is 0.475. The number of rotatable bonds is 1. The zero-order valence-electron chi connectivity index (χ0n) is 9.01. The number of aromatic amines is 1. The van der Waals surface area contributed by atoms with Crippen LogP contribution in [0.3, 0.4) is 0 Å². The van der Waals surface area contributed by atoms with Gasteiger partial charge in [0.15, 0.2) is 0 Å². The van der Waals surface area contributed by atoms with Gasteiger partial charge in [-0.05, 0) is 42.5 Å². The van der Waals surface area contributed by atoms with Gasteiger partial charge in [-0.25, -0.2) is 0 Å². The van der Waals surface area contributed by atoms with Gasteiger partial charge in [0.25, 0.3) is 0 Å². The zero-order chi connectivity index (χ0) is 11.8. The average molecular weight is 225 g/mol. The van der Waals surface area contributed by atoms with Crippen LogP contribution in [-0.2, 0) is 0 Å². The number of nitrogens with one attached hydrogen (secondary N) is 1. The topological polar surface area (TPSA) is 74.9 Å². The Kier molecular flexibility index (Phi) is 2.01. The fourth-order valence-electron chi connectivity index (χ4n) is 1.88. The molecule has 0 bridgehead atoms. The summed E-state index contributed by atoms with van der Waals surface area (Å²) >= 11 is 0. The van der Waals surface area contributed by atoms with Crippen LogP contribution in [0, 0.1) is 0 Å². The third-order valence-electron chi connectivity index (χ3n) is 2.73. The zero-order valence-corrected chi connectivity index (χ0v) is 9.01. The van der Waals surface area contributed by atoms with Crippen molar-refractivity contribution in [2.45, 2.75) is 0 Å². The van der Waals surface area contributed by atoms with Crippen molar-refractivity contribution < 1.29 is 5.11 Å². The van der Waals surface area contributed by atoms with Crippen molar-refractivity contribution in [3.63, 3.8) is 0 Å². The Bertz CT molecular complexity index is 671. The first-order chi connectivity index (χ1) is 8.24. The number of aromatic nitrogens is 2. The molecule has 3 rings (SSSR count). The van der Waals surface area contributed by atoms with Crippen LogP contribution in [0.5, 0.6) is 5.75 Å². The second-order valence-corrected chi connectivity index (χ2v) is 3.92. The standard InChI is InChI=1S/C13H11N3O/c14-9-3-6-11-12(7-9)15-16-13(11)8-1-4-10(17)5-2-8/h1-7,17H,14H2,(H,15,16). The van der Waals surface area contributed by atoms with E-state index < -0.39 is 0 Å². The quantitative estimate of drug-likeness (QED) is 0.557. The predicted octanol–water partition coefficient (Wildman–Crippen LogP) is 2.52. The molecule has 4 heteroatoms. The molecular weight excluding hydrogens is 214 g/mol. The maximum absolute atomic E-state index is 9.26. The molecule has 2 aromatic carbocycles. The number of aromatic hydroxyl groups is 1. The van der Waals surface area contributed by atoms with Crippen LogP contribution < -0.4 is 5.73 Å². The molecule has 0 radical (unpaired) electrons. The van der Waals surface area contributed by atoms with E-state index in [2.05, 4.69) is 10.2 Å². The first kappa shape index (κ1) is 9.72. The summed E-state index contributed by atoms with van der Waals surface area (Å²) in [6.07, 6.45) is 0. The van der Waals surface area contributed by atoms with Crippen molar-refractivity contribution in [3.8, 4) is 17.0 Å². The summed E-state index contributed by atoms with van der Waals surface area (Å²) in [4.78, 5) is 0. The molecule has 0 aliphatic rings. The molecule has 0 saturated heterocycles. The van der Waals surface area contributed by atoms with Crippen molar-refractivity contribution in [2.24, 2.45) is 0 Å². The number of phenolic OH excluding ortho intramolecular Hbond substituents is 1. The van der Waals surface area contributed by atoms with Gasteiger partial charge < -0.3 is 10.8 Å². The minimum Gasteiger partial charge on any atom is -0.508 e. The van der Waals surface area contributed by atoms with E-state index in [0.29, 0.717) is 5.69 Å². The van der Waals surface area contributed by atoms with Crippen LogP contribution in [0.4, 0.5) is 5.69 Å². The summed E-state index contributed by atoms with van der Waals surface area (Å²) in [7, 11) is 0. The largest absolute Gasteiger partial charge is 0.508 e. The molecule has 0 aliphatic carbocycles. The highest BCUT2D eigenvalue weighted by Crippen LogP contribution is 2.28. The number of nitrogens with two attached hydrogens (primary N) is 1. The van der Waals surface area contributed by atoms with Gasteiger partial charge in [-0.2, -0.15) is 5.10 Å². The normalized spacial score (nSPS) is 10.8. The number of phenols is 1. The molecule has 4 nitrogen and oxygen atoms in total. The Balaban J connectivity index is 2.21. The lowest BCUT2D eigenvalue weighted by atomic mass is 10.1. The summed E-state index contributed by atoms with van der Waals surface area (Å²) in [5.41, 5.74) is 9.15. The molecular formula is C13H11N3O. The lowest BCUT2D eigenvalue weighted by Gasteiger charge is -1.98.